The number of primary sulfonamides is 1. The first kappa shape index (κ1) is 18.1. The van der Waals surface area contributed by atoms with Gasteiger partial charge in [-0.2, -0.15) is 0 Å². The van der Waals surface area contributed by atoms with Crippen molar-refractivity contribution in [3.05, 3.63) is 27.7 Å². The highest BCUT2D eigenvalue weighted by molar-refractivity contribution is 9.10. The SMILES string of the molecule is CCCOCCOC(=O)c1cc(Br)cc(S(N)(=O)=O)c1C. The monoisotopic (exact) mass is 379 g/mol. The molecular weight excluding hydrogens is 362 g/mol. The summed E-state index contributed by atoms with van der Waals surface area (Å²) >= 11 is 3.16. The molecule has 0 aliphatic heterocycles. The molecule has 118 valence electrons. The molecule has 0 unspecified atom stereocenters. The van der Waals surface area contributed by atoms with E-state index in [1.165, 1.54) is 19.1 Å². The Balaban J connectivity index is 2.88. The van der Waals surface area contributed by atoms with Gasteiger partial charge >= 0.3 is 5.97 Å². The number of halogens is 1. The van der Waals surface area contributed by atoms with Gasteiger partial charge in [0.05, 0.1) is 17.1 Å². The first-order chi connectivity index (χ1) is 9.77. The number of nitrogens with two attached hydrogens (primary N) is 1. The third-order valence-corrected chi connectivity index (χ3v) is 4.16. The number of ether oxygens (including phenoxy) is 2. The topological polar surface area (TPSA) is 95.7 Å². The Labute approximate surface area is 132 Å². The van der Waals surface area contributed by atoms with Crippen molar-refractivity contribution in [3.8, 4) is 0 Å². The van der Waals surface area contributed by atoms with Gasteiger partial charge in [0.1, 0.15) is 6.61 Å². The van der Waals surface area contributed by atoms with Gasteiger partial charge in [-0.15, -0.1) is 0 Å². The van der Waals surface area contributed by atoms with Gasteiger partial charge in [0.15, 0.2) is 0 Å². The van der Waals surface area contributed by atoms with E-state index in [0.717, 1.165) is 6.42 Å². The largest absolute Gasteiger partial charge is 0.460 e. The molecule has 0 aliphatic rings. The van der Waals surface area contributed by atoms with Gasteiger partial charge in [0, 0.05) is 11.1 Å². The second kappa shape index (κ2) is 7.88. The van der Waals surface area contributed by atoms with Crippen molar-refractivity contribution in [1.82, 2.24) is 0 Å². The van der Waals surface area contributed by atoms with Gasteiger partial charge in [0.25, 0.3) is 0 Å². The maximum atomic E-state index is 12.0. The predicted molar refractivity (Wildman–Crippen MR) is 81.6 cm³/mol. The lowest BCUT2D eigenvalue weighted by Gasteiger charge is -2.11. The molecule has 0 heterocycles. The fourth-order valence-corrected chi connectivity index (χ4v) is 3.12. The van der Waals surface area contributed by atoms with Crippen LogP contribution in [0.5, 0.6) is 0 Å². The number of benzene rings is 1. The number of hydrogen-bond acceptors (Lipinski definition) is 5. The fraction of sp³-hybridized carbons (Fsp3) is 0.462. The predicted octanol–water partition coefficient (Wildman–Crippen LogP) is 1.99. The molecule has 1 aromatic rings. The number of rotatable bonds is 7. The fourth-order valence-electron chi connectivity index (χ4n) is 1.68. The van der Waals surface area contributed by atoms with Crippen LogP contribution in [-0.4, -0.2) is 34.2 Å². The highest BCUT2D eigenvalue weighted by Gasteiger charge is 2.20. The van der Waals surface area contributed by atoms with Gasteiger partial charge in [-0.1, -0.05) is 22.9 Å². The lowest BCUT2D eigenvalue weighted by molar-refractivity contribution is 0.0317. The van der Waals surface area contributed by atoms with Crippen molar-refractivity contribution in [2.24, 2.45) is 5.14 Å². The minimum Gasteiger partial charge on any atom is -0.460 e. The maximum Gasteiger partial charge on any atom is 0.338 e. The summed E-state index contributed by atoms with van der Waals surface area (Å²) in [5.41, 5.74) is 0.420. The van der Waals surface area contributed by atoms with Crippen LogP contribution in [0.25, 0.3) is 0 Å². The second-order valence-electron chi connectivity index (χ2n) is 4.37. The molecule has 6 nitrogen and oxygen atoms in total. The molecule has 0 bridgehead atoms. The third kappa shape index (κ3) is 5.39. The smallest absolute Gasteiger partial charge is 0.338 e. The molecule has 0 aliphatic carbocycles. The minimum absolute atomic E-state index is 0.106. The number of esters is 1. The molecule has 1 rings (SSSR count). The Morgan fingerprint density at radius 2 is 1.95 bits per heavy atom. The molecule has 2 N–H and O–H groups in total. The number of carbonyl (C=O) groups excluding carboxylic acids is 1. The zero-order valence-corrected chi connectivity index (χ0v) is 14.3. The zero-order chi connectivity index (χ0) is 16.0. The summed E-state index contributed by atoms with van der Waals surface area (Å²) in [5.74, 6) is -0.612. The molecular formula is C13H18BrNO5S. The van der Waals surface area contributed by atoms with Crippen molar-refractivity contribution in [3.63, 3.8) is 0 Å². The van der Waals surface area contributed by atoms with Crippen molar-refractivity contribution in [2.75, 3.05) is 19.8 Å². The van der Waals surface area contributed by atoms with Crippen LogP contribution >= 0.6 is 15.9 Å². The molecule has 0 atom stereocenters. The van der Waals surface area contributed by atoms with Gasteiger partial charge in [-0.05, 0) is 31.0 Å². The Morgan fingerprint density at radius 1 is 1.29 bits per heavy atom. The molecule has 0 aromatic heterocycles. The summed E-state index contributed by atoms with van der Waals surface area (Å²) in [6.45, 7) is 4.50. The van der Waals surface area contributed by atoms with Crippen molar-refractivity contribution < 1.29 is 22.7 Å². The second-order valence-corrected chi connectivity index (χ2v) is 6.82. The van der Waals surface area contributed by atoms with Crippen molar-refractivity contribution in [1.29, 1.82) is 0 Å². The quantitative estimate of drug-likeness (QED) is 0.577. The Morgan fingerprint density at radius 3 is 2.52 bits per heavy atom. The molecule has 1 aromatic carbocycles. The third-order valence-electron chi connectivity index (χ3n) is 2.66. The van der Waals surface area contributed by atoms with Gasteiger partial charge in [-0.3, -0.25) is 0 Å². The Hall–Kier alpha value is -0.960. The van der Waals surface area contributed by atoms with E-state index in [2.05, 4.69) is 15.9 Å². The summed E-state index contributed by atoms with van der Waals surface area (Å²) < 4.78 is 33.7. The Kier molecular flexibility index (Phi) is 6.79. The van der Waals surface area contributed by atoms with E-state index >= 15 is 0 Å². The van der Waals surface area contributed by atoms with Crippen LogP contribution in [-0.2, 0) is 19.5 Å². The van der Waals surface area contributed by atoms with E-state index in [0.29, 0.717) is 17.7 Å². The van der Waals surface area contributed by atoms with Crippen LogP contribution in [0.15, 0.2) is 21.5 Å². The lowest BCUT2D eigenvalue weighted by Crippen LogP contribution is -2.17. The molecule has 0 saturated carbocycles. The summed E-state index contributed by atoms with van der Waals surface area (Å²) in [6, 6.07) is 2.85. The zero-order valence-electron chi connectivity index (χ0n) is 11.9. The highest BCUT2D eigenvalue weighted by Crippen LogP contribution is 2.24. The van der Waals surface area contributed by atoms with E-state index in [9.17, 15) is 13.2 Å². The average molecular weight is 380 g/mol. The highest BCUT2D eigenvalue weighted by atomic mass is 79.9. The molecule has 0 spiro atoms. The number of carbonyl (C=O) groups is 1. The van der Waals surface area contributed by atoms with Crippen LogP contribution in [0, 0.1) is 6.92 Å². The van der Waals surface area contributed by atoms with E-state index in [1.807, 2.05) is 6.92 Å². The van der Waals surface area contributed by atoms with Crippen LogP contribution in [0.2, 0.25) is 0 Å². The maximum absolute atomic E-state index is 12.0. The van der Waals surface area contributed by atoms with E-state index in [1.54, 1.807) is 0 Å². The molecule has 0 fully saturated rings. The molecule has 0 saturated heterocycles. The van der Waals surface area contributed by atoms with Crippen LogP contribution in [0.3, 0.4) is 0 Å². The van der Waals surface area contributed by atoms with E-state index in [4.69, 9.17) is 14.6 Å². The standard InChI is InChI=1S/C13H18BrNO5S/c1-3-4-19-5-6-20-13(16)11-7-10(14)8-12(9(11)2)21(15,17)18/h7-8H,3-6H2,1-2H3,(H2,15,17,18). The first-order valence-corrected chi connectivity index (χ1v) is 8.69. The normalized spacial score (nSPS) is 11.4. The van der Waals surface area contributed by atoms with E-state index in [-0.39, 0.29) is 22.6 Å². The number of sulfonamides is 1. The minimum atomic E-state index is -3.91. The van der Waals surface area contributed by atoms with Crippen molar-refractivity contribution >= 4 is 31.9 Å². The van der Waals surface area contributed by atoms with Crippen molar-refractivity contribution in [2.45, 2.75) is 25.2 Å². The molecule has 0 radical (unpaired) electrons. The average Bonchev–Trinajstić information content (AvgIpc) is 2.39. The van der Waals surface area contributed by atoms with Gasteiger partial charge in [-0.25, -0.2) is 18.4 Å². The molecule has 8 heteroatoms. The van der Waals surface area contributed by atoms with Gasteiger partial charge < -0.3 is 9.47 Å². The lowest BCUT2D eigenvalue weighted by atomic mass is 10.1. The van der Waals surface area contributed by atoms with Crippen LogP contribution in [0.1, 0.15) is 29.3 Å². The van der Waals surface area contributed by atoms with Crippen LogP contribution in [0.4, 0.5) is 0 Å². The Bertz CT molecular complexity index is 615. The van der Waals surface area contributed by atoms with E-state index < -0.39 is 16.0 Å². The summed E-state index contributed by atoms with van der Waals surface area (Å²) in [7, 11) is -3.91. The van der Waals surface area contributed by atoms with Crippen LogP contribution < -0.4 is 5.14 Å². The summed E-state index contributed by atoms with van der Waals surface area (Å²) in [4.78, 5) is 11.9. The number of hydrogen-bond donors (Lipinski definition) is 1. The summed E-state index contributed by atoms with van der Waals surface area (Å²) in [5, 5.41) is 5.13. The molecule has 0 amide bonds. The summed E-state index contributed by atoms with van der Waals surface area (Å²) in [6.07, 6.45) is 0.885. The molecule has 21 heavy (non-hydrogen) atoms. The first-order valence-electron chi connectivity index (χ1n) is 6.35. The van der Waals surface area contributed by atoms with Gasteiger partial charge in [0.2, 0.25) is 10.0 Å².